The van der Waals surface area contributed by atoms with Crippen LogP contribution in [0.1, 0.15) is 44.8 Å². The molecule has 0 spiro atoms. The molecule has 0 aliphatic carbocycles. The van der Waals surface area contributed by atoms with E-state index in [9.17, 15) is 0 Å². The van der Waals surface area contributed by atoms with Crippen molar-refractivity contribution in [3.8, 4) is 0 Å². The molecule has 4 heteroatoms. The summed E-state index contributed by atoms with van der Waals surface area (Å²) in [6, 6.07) is 0. The minimum absolute atomic E-state index is 0.112. The van der Waals surface area contributed by atoms with Crippen LogP contribution in [0.5, 0.6) is 0 Å². The highest BCUT2D eigenvalue weighted by Gasteiger charge is 2.39. The molecule has 17 heavy (non-hydrogen) atoms. The number of piperidine rings is 1. The van der Waals surface area contributed by atoms with Gasteiger partial charge in [-0.25, -0.2) is 4.98 Å². The Morgan fingerprint density at radius 3 is 2.76 bits per heavy atom. The van der Waals surface area contributed by atoms with E-state index in [1.807, 2.05) is 0 Å². The molecule has 1 saturated heterocycles. The van der Waals surface area contributed by atoms with Gasteiger partial charge in [0.05, 0.1) is 11.2 Å². The number of rotatable bonds is 1. The summed E-state index contributed by atoms with van der Waals surface area (Å²) in [5, 5.41) is 6.67. The molecule has 0 amide bonds. The normalized spacial score (nSPS) is 30.5. The molecule has 2 unspecified atom stereocenters. The van der Waals surface area contributed by atoms with E-state index in [1.54, 1.807) is 11.3 Å². The van der Waals surface area contributed by atoms with E-state index >= 15 is 0 Å². The summed E-state index contributed by atoms with van der Waals surface area (Å²) in [5.41, 5.74) is 7.62. The van der Waals surface area contributed by atoms with Crippen molar-refractivity contribution < 1.29 is 0 Å². The monoisotopic (exact) mass is 253 g/mol. The number of nitrogens with one attached hydrogen (secondary N) is 1. The third-order valence-electron chi connectivity index (χ3n) is 3.72. The Morgan fingerprint density at radius 1 is 1.53 bits per heavy atom. The smallest absolute Gasteiger partial charge is 0.113 e. The quantitative estimate of drug-likeness (QED) is 0.807. The molecule has 2 heterocycles. The van der Waals surface area contributed by atoms with Crippen molar-refractivity contribution in [2.45, 2.75) is 45.1 Å². The summed E-state index contributed by atoms with van der Waals surface area (Å²) >= 11 is 1.72. The summed E-state index contributed by atoms with van der Waals surface area (Å²) in [5.74, 6) is 0.440. The molecule has 2 atom stereocenters. The molecule has 3 N–H and O–H groups in total. The molecule has 1 aromatic rings. The van der Waals surface area contributed by atoms with E-state index in [2.05, 4.69) is 38.4 Å². The van der Waals surface area contributed by atoms with Gasteiger partial charge in [0.25, 0.3) is 0 Å². The van der Waals surface area contributed by atoms with Crippen LogP contribution >= 0.6 is 11.3 Å². The standard InChI is InChI=1S/C13H23N3S/c1-9-7-15-6-5-13(9,14)11-16-10(8-17-11)12(2,3)4/h8-9,15H,5-7,14H2,1-4H3. The molecule has 1 aromatic heterocycles. The Hall–Kier alpha value is -0.450. The first-order chi connectivity index (χ1) is 7.84. The van der Waals surface area contributed by atoms with E-state index in [0.29, 0.717) is 5.92 Å². The van der Waals surface area contributed by atoms with Gasteiger partial charge < -0.3 is 11.1 Å². The lowest BCUT2D eigenvalue weighted by atomic mass is 9.81. The Bertz CT molecular complexity index is 394. The fourth-order valence-electron chi connectivity index (χ4n) is 2.19. The van der Waals surface area contributed by atoms with Crippen molar-refractivity contribution in [3.05, 3.63) is 16.1 Å². The van der Waals surface area contributed by atoms with Gasteiger partial charge in [-0.3, -0.25) is 0 Å². The average Bonchev–Trinajstić information content (AvgIpc) is 2.71. The van der Waals surface area contributed by atoms with Crippen molar-refractivity contribution in [1.29, 1.82) is 0 Å². The first-order valence-electron chi connectivity index (χ1n) is 6.30. The molecule has 0 saturated carbocycles. The van der Waals surface area contributed by atoms with E-state index in [-0.39, 0.29) is 11.0 Å². The second kappa shape index (κ2) is 4.34. The Kier molecular flexibility index (Phi) is 3.31. The van der Waals surface area contributed by atoms with Crippen LogP contribution in [0.25, 0.3) is 0 Å². The Balaban J connectivity index is 2.30. The number of hydrogen-bond donors (Lipinski definition) is 2. The van der Waals surface area contributed by atoms with Crippen molar-refractivity contribution >= 4 is 11.3 Å². The van der Waals surface area contributed by atoms with Crippen LogP contribution in [-0.4, -0.2) is 18.1 Å². The van der Waals surface area contributed by atoms with Gasteiger partial charge in [-0.2, -0.15) is 0 Å². The van der Waals surface area contributed by atoms with Crippen molar-refractivity contribution in [2.24, 2.45) is 11.7 Å². The van der Waals surface area contributed by atoms with Crippen molar-refractivity contribution in [2.75, 3.05) is 13.1 Å². The first kappa shape index (κ1) is 13.0. The molecule has 3 nitrogen and oxygen atoms in total. The lowest BCUT2D eigenvalue weighted by Gasteiger charge is -2.38. The largest absolute Gasteiger partial charge is 0.319 e. The van der Waals surface area contributed by atoms with Crippen LogP contribution in [0.15, 0.2) is 5.38 Å². The van der Waals surface area contributed by atoms with Gasteiger partial charge in [0.15, 0.2) is 0 Å². The van der Waals surface area contributed by atoms with E-state index in [0.717, 1.165) is 30.2 Å². The molecule has 1 fully saturated rings. The van der Waals surface area contributed by atoms with Crippen LogP contribution in [0, 0.1) is 5.92 Å². The lowest BCUT2D eigenvalue weighted by molar-refractivity contribution is 0.222. The average molecular weight is 253 g/mol. The molecule has 1 aliphatic heterocycles. The molecule has 96 valence electrons. The maximum atomic E-state index is 6.59. The number of hydrogen-bond acceptors (Lipinski definition) is 4. The van der Waals surface area contributed by atoms with E-state index in [1.165, 1.54) is 0 Å². The summed E-state index contributed by atoms with van der Waals surface area (Å²) in [6.07, 6.45) is 0.977. The lowest BCUT2D eigenvalue weighted by Crippen LogP contribution is -2.52. The van der Waals surface area contributed by atoms with Gasteiger partial charge >= 0.3 is 0 Å². The number of nitrogens with two attached hydrogens (primary N) is 1. The van der Waals surface area contributed by atoms with Crippen LogP contribution in [0.4, 0.5) is 0 Å². The van der Waals surface area contributed by atoms with Gasteiger partial charge in [-0.15, -0.1) is 11.3 Å². The van der Waals surface area contributed by atoms with Gasteiger partial charge in [0, 0.05) is 10.8 Å². The molecule has 1 aliphatic rings. The second-order valence-electron chi connectivity index (χ2n) is 6.18. The number of thiazole rings is 1. The zero-order valence-electron chi connectivity index (χ0n) is 11.2. The summed E-state index contributed by atoms with van der Waals surface area (Å²) in [7, 11) is 0. The molecular formula is C13H23N3S. The predicted molar refractivity (Wildman–Crippen MR) is 73.3 cm³/mol. The zero-order chi connectivity index (χ0) is 12.7. The fraction of sp³-hybridized carbons (Fsp3) is 0.769. The van der Waals surface area contributed by atoms with Crippen LogP contribution in [0.2, 0.25) is 0 Å². The second-order valence-corrected chi connectivity index (χ2v) is 7.04. The van der Waals surface area contributed by atoms with Gasteiger partial charge in [0.1, 0.15) is 5.01 Å². The summed E-state index contributed by atoms with van der Waals surface area (Å²) < 4.78 is 0. The van der Waals surface area contributed by atoms with Crippen LogP contribution in [0.3, 0.4) is 0 Å². The number of aromatic nitrogens is 1. The van der Waals surface area contributed by atoms with Crippen LogP contribution < -0.4 is 11.1 Å². The Morgan fingerprint density at radius 2 is 2.24 bits per heavy atom. The van der Waals surface area contributed by atoms with Gasteiger partial charge in [-0.1, -0.05) is 27.7 Å². The molecule has 2 rings (SSSR count). The van der Waals surface area contributed by atoms with Crippen molar-refractivity contribution in [1.82, 2.24) is 10.3 Å². The highest BCUT2D eigenvalue weighted by Crippen LogP contribution is 2.36. The molecule has 0 bridgehead atoms. The van der Waals surface area contributed by atoms with Crippen LogP contribution in [-0.2, 0) is 11.0 Å². The Labute approximate surface area is 108 Å². The van der Waals surface area contributed by atoms with Gasteiger partial charge in [0.2, 0.25) is 0 Å². The van der Waals surface area contributed by atoms with Gasteiger partial charge in [-0.05, 0) is 25.4 Å². The molecular weight excluding hydrogens is 230 g/mol. The predicted octanol–water partition coefficient (Wildman–Crippen LogP) is 2.22. The zero-order valence-corrected chi connectivity index (χ0v) is 12.0. The third kappa shape index (κ3) is 2.39. The minimum atomic E-state index is -0.237. The first-order valence-corrected chi connectivity index (χ1v) is 7.18. The SMILES string of the molecule is CC1CNCCC1(N)c1nc(C(C)(C)C)cs1. The third-order valence-corrected chi connectivity index (χ3v) is 4.75. The van der Waals surface area contributed by atoms with E-state index < -0.39 is 0 Å². The highest BCUT2D eigenvalue weighted by molar-refractivity contribution is 7.09. The van der Waals surface area contributed by atoms with Crippen molar-refractivity contribution in [3.63, 3.8) is 0 Å². The topological polar surface area (TPSA) is 50.9 Å². The molecule has 0 radical (unpaired) electrons. The summed E-state index contributed by atoms with van der Waals surface area (Å²) in [4.78, 5) is 4.79. The molecule has 0 aromatic carbocycles. The maximum absolute atomic E-state index is 6.59. The highest BCUT2D eigenvalue weighted by atomic mass is 32.1. The minimum Gasteiger partial charge on any atom is -0.319 e. The van der Waals surface area contributed by atoms with E-state index in [4.69, 9.17) is 10.7 Å². The maximum Gasteiger partial charge on any atom is 0.113 e. The number of nitrogens with zero attached hydrogens (tertiary/aromatic N) is 1. The fourth-order valence-corrected chi connectivity index (χ4v) is 3.50. The summed E-state index contributed by atoms with van der Waals surface area (Å²) in [6.45, 7) is 10.8.